The van der Waals surface area contributed by atoms with E-state index in [9.17, 15) is 18.5 Å². The molecule has 0 atom stereocenters. The number of non-ortho nitro benzene ring substituents is 1. The standard InChI is InChI=1S/C11H13N3O4S/c12-7-2-1-3-8-13-19(17,18)11-6-4-5-10(9-11)14(15)16/h4-6,9,13H,1-3,8H2. The first-order valence-electron chi connectivity index (χ1n) is 5.58. The van der Waals surface area contributed by atoms with E-state index in [1.807, 2.05) is 6.07 Å². The summed E-state index contributed by atoms with van der Waals surface area (Å²) in [4.78, 5) is 9.79. The van der Waals surface area contributed by atoms with Crippen LogP contribution in [0.4, 0.5) is 5.69 Å². The maximum absolute atomic E-state index is 11.8. The SMILES string of the molecule is N#CCCCCNS(=O)(=O)c1cccc([N+](=O)[O-])c1. The van der Waals surface area contributed by atoms with E-state index in [1.54, 1.807) is 0 Å². The van der Waals surface area contributed by atoms with E-state index in [2.05, 4.69) is 4.72 Å². The lowest BCUT2D eigenvalue weighted by Gasteiger charge is -2.05. The van der Waals surface area contributed by atoms with Gasteiger partial charge in [0.1, 0.15) is 0 Å². The van der Waals surface area contributed by atoms with Crippen molar-refractivity contribution < 1.29 is 13.3 Å². The van der Waals surface area contributed by atoms with Crippen LogP contribution in [0.3, 0.4) is 0 Å². The quantitative estimate of drug-likeness (QED) is 0.463. The fraction of sp³-hybridized carbons (Fsp3) is 0.364. The third-order valence-electron chi connectivity index (χ3n) is 2.35. The summed E-state index contributed by atoms with van der Waals surface area (Å²) in [5.41, 5.74) is -0.271. The normalized spacial score (nSPS) is 10.9. The van der Waals surface area contributed by atoms with E-state index in [0.29, 0.717) is 19.3 Å². The second-order valence-electron chi connectivity index (χ2n) is 3.77. The number of rotatable bonds is 7. The second kappa shape index (κ2) is 6.82. The van der Waals surface area contributed by atoms with Gasteiger partial charge in [0.25, 0.3) is 5.69 Å². The van der Waals surface area contributed by atoms with Crippen molar-refractivity contribution in [1.29, 1.82) is 5.26 Å². The minimum Gasteiger partial charge on any atom is -0.258 e. The van der Waals surface area contributed by atoms with Crippen LogP contribution in [-0.4, -0.2) is 19.9 Å². The van der Waals surface area contributed by atoms with Crippen molar-refractivity contribution in [3.05, 3.63) is 34.4 Å². The van der Waals surface area contributed by atoms with Crippen molar-refractivity contribution in [1.82, 2.24) is 4.72 Å². The third-order valence-corrected chi connectivity index (χ3v) is 3.80. The average Bonchev–Trinajstić information content (AvgIpc) is 2.38. The molecule has 1 N–H and O–H groups in total. The molecule has 7 nitrogen and oxygen atoms in total. The van der Waals surface area contributed by atoms with Crippen LogP contribution in [0.25, 0.3) is 0 Å². The van der Waals surface area contributed by atoms with Crippen LogP contribution in [0.1, 0.15) is 19.3 Å². The Morgan fingerprint density at radius 2 is 2.11 bits per heavy atom. The van der Waals surface area contributed by atoms with Crippen LogP contribution >= 0.6 is 0 Å². The summed E-state index contributed by atoms with van der Waals surface area (Å²) in [6.07, 6.45) is 1.52. The van der Waals surface area contributed by atoms with Crippen molar-refractivity contribution in [3.8, 4) is 6.07 Å². The molecular formula is C11H13N3O4S. The summed E-state index contributed by atoms with van der Waals surface area (Å²) in [7, 11) is -3.74. The second-order valence-corrected chi connectivity index (χ2v) is 5.53. The largest absolute Gasteiger partial charge is 0.270 e. The Hall–Kier alpha value is -1.98. The first-order chi connectivity index (χ1) is 8.97. The number of nitriles is 1. The molecule has 0 unspecified atom stereocenters. The number of benzene rings is 1. The predicted octanol–water partition coefficient (Wildman–Crippen LogP) is 1.57. The van der Waals surface area contributed by atoms with E-state index in [-0.39, 0.29) is 17.1 Å². The minimum absolute atomic E-state index is 0.137. The van der Waals surface area contributed by atoms with Gasteiger partial charge < -0.3 is 0 Å². The Kier molecular flexibility index (Phi) is 5.41. The lowest BCUT2D eigenvalue weighted by Crippen LogP contribution is -2.24. The van der Waals surface area contributed by atoms with E-state index in [0.717, 1.165) is 6.07 Å². The van der Waals surface area contributed by atoms with Crippen molar-refractivity contribution in [3.63, 3.8) is 0 Å². The van der Waals surface area contributed by atoms with Gasteiger partial charge in [-0.25, -0.2) is 13.1 Å². The summed E-state index contributed by atoms with van der Waals surface area (Å²) >= 11 is 0. The number of unbranched alkanes of at least 4 members (excludes halogenated alkanes) is 2. The van der Waals surface area contributed by atoms with E-state index in [1.165, 1.54) is 18.2 Å². The number of nitro groups is 1. The molecule has 0 aromatic heterocycles. The Morgan fingerprint density at radius 3 is 2.74 bits per heavy atom. The monoisotopic (exact) mass is 283 g/mol. The Labute approximate surface area is 111 Å². The van der Waals surface area contributed by atoms with Gasteiger partial charge in [-0.15, -0.1) is 0 Å². The average molecular weight is 283 g/mol. The van der Waals surface area contributed by atoms with Gasteiger partial charge in [-0.1, -0.05) is 6.07 Å². The van der Waals surface area contributed by atoms with Gasteiger partial charge in [0.15, 0.2) is 0 Å². The van der Waals surface area contributed by atoms with Crippen molar-refractivity contribution >= 4 is 15.7 Å². The van der Waals surface area contributed by atoms with Crippen LogP contribution in [0.2, 0.25) is 0 Å². The van der Waals surface area contributed by atoms with Crippen LogP contribution in [-0.2, 0) is 10.0 Å². The van der Waals surface area contributed by atoms with E-state index >= 15 is 0 Å². The van der Waals surface area contributed by atoms with E-state index < -0.39 is 14.9 Å². The zero-order valence-corrected chi connectivity index (χ0v) is 10.9. The van der Waals surface area contributed by atoms with Crippen LogP contribution < -0.4 is 4.72 Å². The van der Waals surface area contributed by atoms with Gasteiger partial charge in [0.05, 0.1) is 15.9 Å². The van der Waals surface area contributed by atoms with Crippen molar-refractivity contribution in [2.24, 2.45) is 0 Å². The predicted molar refractivity (Wildman–Crippen MR) is 67.7 cm³/mol. The Morgan fingerprint density at radius 1 is 1.37 bits per heavy atom. The molecule has 0 amide bonds. The molecule has 1 rings (SSSR count). The van der Waals surface area contributed by atoms with Crippen molar-refractivity contribution in [2.75, 3.05) is 6.54 Å². The lowest BCUT2D eigenvalue weighted by molar-refractivity contribution is -0.385. The fourth-order valence-corrected chi connectivity index (χ4v) is 2.50. The molecule has 1 aromatic rings. The highest BCUT2D eigenvalue weighted by Crippen LogP contribution is 2.17. The van der Waals surface area contributed by atoms with E-state index in [4.69, 9.17) is 5.26 Å². The van der Waals surface area contributed by atoms with Gasteiger partial charge in [-0.05, 0) is 18.9 Å². The molecule has 0 heterocycles. The van der Waals surface area contributed by atoms with Crippen LogP contribution in [0.5, 0.6) is 0 Å². The molecule has 0 aliphatic rings. The van der Waals surface area contributed by atoms with Gasteiger partial charge >= 0.3 is 0 Å². The first-order valence-corrected chi connectivity index (χ1v) is 7.07. The van der Waals surface area contributed by atoms with Gasteiger partial charge in [0.2, 0.25) is 10.0 Å². The molecule has 0 bridgehead atoms. The summed E-state index contributed by atoms with van der Waals surface area (Å²) in [5.74, 6) is 0. The zero-order chi connectivity index (χ0) is 14.3. The highest BCUT2D eigenvalue weighted by Gasteiger charge is 2.16. The molecule has 0 spiro atoms. The molecule has 0 aliphatic heterocycles. The highest BCUT2D eigenvalue weighted by molar-refractivity contribution is 7.89. The zero-order valence-electron chi connectivity index (χ0n) is 10.1. The number of hydrogen-bond acceptors (Lipinski definition) is 5. The number of hydrogen-bond donors (Lipinski definition) is 1. The number of nitro benzene ring substituents is 1. The molecular weight excluding hydrogens is 270 g/mol. The highest BCUT2D eigenvalue weighted by atomic mass is 32.2. The minimum atomic E-state index is -3.74. The topological polar surface area (TPSA) is 113 Å². The number of nitrogens with zero attached hydrogens (tertiary/aromatic N) is 2. The molecule has 1 aromatic carbocycles. The summed E-state index contributed by atoms with van der Waals surface area (Å²) in [6, 6.07) is 6.82. The number of nitrogens with one attached hydrogen (secondary N) is 1. The maximum Gasteiger partial charge on any atom is 0.270 e. The molecule has 0 saturated heterocycles. The molecule has 0 aliphatic carbocycles. The third kappa shape index (κ3) is 4.65. The molecule has 8 heteroatoms. The van der Waals surface area contributed by atoms with Crippen LogP contribution in [0, 0.1) is 21.4 Å². The fourth-order valence-electron chi connectivity index (χ4n) is 1.38. The smallest absolute Gasteiger partial charge is 0.258 e. The molecule has 0 radical (unpaired) electrons. The van der Waals surface area contributed by atoms with Gasteiger partial charge in [-0.2, -0.15) is 5.26 Å². The molecule has 0 saturated carbocycles. The Balaban J connectivity index is 2.70. The van der Waals surface area contributed by atoms with Crippen LogP contribution in [0.15, 0.2) is 29.2 Å². The lowest BCUT2D eigenvalue weighted by atomic mass is 10.2. The molecule has 0 fully saturated rings. The maximum atomic E-state index is 11.8. The first kappa shape index (κ1) is 15.1. The molecule has 102 valence electrons. The van der Waals surface area contributed by atoms with Crippen molar-refractivity contribution in [2.45, 2.75) is 24.2 Å². The summed E-state index contributed by atoms with van der Waals surface area (Å²) in [6.45, 7) is 0.201. The van der Waals surface area contributed by atoms with Gasteiger partial charge in [-0.3, -0.25) is 10.1 Å². The summed E-state index contributed by atoms with van der Waals surface area (Å²) in [5, 5.41) is 18.9. The molecule has 19 heavy (non-hydrogen) atoms. The van der Waals surface area contributed by atoms with Gasteiger partial charge in [0, 0.05) is 25.1 Å². The number of sulfonamides is 1. The summed E-state index contributed by atoms with van der Waals surface area (Å²) < 4.78 is 26.0. The Bertz CT molecular complexity index is 592.